The van der Waals surface area contributed by atoms with Crippen LogP contribution >= 0.6 is 0 Å². The molecule has 0 aromatic carbocycles. The summed E-state index contributed by atoms with van der Waals surface area (Å²) in [4.78, 5) is 4.08. The summed E-state index contributed by atoms with van der Waals surface area (Å²) in [6, 6.07) is 5.74. The van der Waals surface area contributed by atoms with Gasteiger partial charge in [-0.05, 0) is 24.6 Å². The van der Waals surface area contributed by atoms with Crippen LogP contribution in [0.5, 0.6) is 0 Å². The van der Waals surface area contributed by atoms with E-state index in [1.807, 2.05) is 30.4 Å². The fraction of sp³-hybridized carbons (Fsp3) is 0.222. The summed E-state index contributed by atoms with van der Waals surface area (Å²) >= 11 is 0. The number of pyridine rings is 1. The van der Waals surface area contributed by atoms with Crippen molar-refractivity contribution in [1.29, 1.82) is 0 Å². The summed E-state index contributed by atoms with van der Waals surface area (Å²) in [5.41, 5.74) is 0.931. The van der Waals surface area contributed by atoms with Crippen molar-refractivity contribution < 1.29 is 5.11 Å². The molecule has 0 saturated heterocycles. The number of aliphatic hydroxyl groups excluding tert-OH is 1. The SMILES string of the molecule is OCCC=Cc1ccccn1. The van der Waals surface area contributed by atoms with E-state index in [9.17, 15) is 0 Å². The van der Waals surface area contributed by atoms with Crippen LogP contribution in [-0.2, 0) is 0 Å². The second-order valence-corrected chi connectivity index (χ2v) is 2.17. The number of nitrogens with zero attached hydrogens (tertiary/aromatic N) is 1. The van der Waals surface area contributed by atoms with E-state index < -0.39 is 0 Å². The van der Waals surface area contributed by atoms with Gasteiger partial charge in [0.15, 0.2) is 0 Å². The quantitative estimate of drug-likeness (QED) is 0.706. The average Bonchev–Trinajstić information content (AvgIpc) is 2.07. The Kier molecular flexibility index (Phi) is 3.35. The first-order valence-electron chi connectivity index (χ1n) is 3.62. The number of aliphatic hydroxyl groups is 1. The average molecular weight is 149 g/mol. The van der Waals surface area contributed by atoms with Gasteiger partial charge in [0.2, 0.25) is 0 Å². The highest BCUT2D eigenvalue weighted by Gasteiger charge is 1.82. The molecule has 0 aliphatic carbocycles. The molecule has 58 valence electrons. The van der Waals surface area contributed by atoms with Gasteiger partial charge in [-0.15, -0.1) is 0 Å². The largest absolute Gasteiger partial charge is 0.396 e. The Morgan fingerprint density at radius 3 is 3.00 bits per heavy atom. The maximum atomic E-state index is 8.47. The highest BCUT2D eigenvalue weighted by Crippen LogP contribution is 1.96. The number of hydrogen-bond donors (Lipinski definition) is 1. The summed E-state index contributed by atoms with van der Waals surface area (Å²) in [7, 11) is 0. The molecule has 1 rings (SSSR count). The molecular formula is C9H11NO. The van der Waals surface area contributed by atoms with Crippen LogP contribution < -0.4 is 0 Å². The second-order valence-electron chi connectivity index (χ2n) is 2.17. The third-order valence-electron chi connectivity index (χ3n) is 1.27. The topological polar surface area (TPSA) is 33.1 Å². The van der Waals surface area contributed by atoms with E-state index in [0.717, 1.165) is 5.69 Å². The lowest BCUT2D eigenvalue weighted by molar-refractivity contribution is 0.303. The Morgan fingerprint density at radius 2 is 2.36 bits per heavy atom. The van der Waals surface area contributed by atoms with Crippen molar-refractivity contribution in [3.8, 4) is 0 Å². The van der Waals surface area contributed by atoms with Gasteiger partial charge in [-0.1, -0.05) is 12.1 Å². The standard InChI is InChI=1S/C9H11NO/c11-8-4-2-6-9-5-1-3-7-10-9/h1-3,5-7,11H,4,8H2. The number of aromatic nitrogens is 1. The molecule has 0 unspecified atom stereocenters. The Morgan fingerprint density at radius 1 is 1.45 bits per heavy atom. The molecule has 1 aromatic rings. The zero-order chi connectivity index (χ0) is 7.94. The first-order chi connectivity index (χ1) is 5.43. The van der Waals surface area contributed by atoms with E-state index >= 15 is 0 Å². The van der Waals surface area contributed by atoms with Gasteiger partial charge in [0.1, 0.15) is 0 Å². The van der Waals surface area contributed by atoms with E-state index in [1.54, 1.807) is 6.20 Å². The minimum absolute atomic E-state index is 0.198. The van der Waals surface area contributed by atoms with Crippen molar-refractivity contribution in [2.45, 2.75) is 6.42 Å². The molecule has 2 nitrogen and oxygen atoms in total. The van der Waals surface area contributed by atoms with Crippen LogP contribution in [0.15, 0.2) is 30.5 Å². The molecule has 0 fully saturated rings. The summed E-state index contributed by atoms with van der Waals surface area (Å²) < 4.78 is 0. The smallest absolute Gasteiger partial charge is 0.0626 e. The lowest BCUT2D eigenvalue weighted by atomic mass is 10.3. The fourth-order valence-corrected chi connectivity index (χ4v) is 0.753. The highest BCUT2D eigenvalue weighted by molar-refractivity contribution is 5.43. The van der Waals surface area contributed by atoms with Crippen LogP contribution in [0.1, 0.15) is 12.1 Å². The van der Waals surface area contributed by atoms with Gasteiger partial charge in [-0.2, -0.15) is 0 Å². The Hall–Kier alpha value is -1.15. The van der Waals surface area contributed by atoms with Gasteiger partial charge >= 0.3 is 0 Å². The van der Waals surface area contributed by atoms with E-state index in [2.05, 4.69) is 4.98 Å². The van der Waals surface area contributed by atoms with Crippen LogP contribution in [0.4, 0.5) is 0 Å². The van der Waals surface area contributed by atoms with Crippen LogP contribution in [0.3, 0.4) is 0 Å². The van der Waals surface area contributed by atoms with Gasteiger partial charge in [0.25, 0.3) is 0 Å². The van der Waals surface area contributed by atoms with Gasteiger partial charge in [0, 0.05) is 12.8 Å². The van der Waals surface area contributed by atoms with Crippen molar-refractivity contribution in [2.24, 2.45) is 0 Å². The molecule has 0 bridgehead atoms. The Balaban J connectivity index is 2.50. The molecule has 0 radical (unpaired) electrons. The van der Waals surface area contributed by atoms with Gasteiger partial charge < -0.3 is 5.11 Å². The number of rotatable bonds is 3. The summed E-state index contributed by atoms with van der Waals surface area (Å²) in [5, 5.41) is 8.47. The molecule has 0 spiro atoms. The molecule has 1 N–H and O–H groups in total. The molecule has 2 heteroatoms. The van der Waals surface area contributed by atoms with Crippen molar-refractivity contribution >= 4 is 6.08 Å². The molecule has 0 amide bonds. The predicted molar refractivity (Wildman–Crippen MR) is 45.0 cm³/mol. The van der Waals surface area contributed by atoms with Crippen LogP contribution in [-0.4, -0.2) is 16.7 Å². The van der Waals surface area contributed by atoms with E-state index in [-0.39, 0.29) is 6.61 Å². The van der Waals surface area contributed by atoms with Crippen LogP contribution in [0.2, 0.25) is 0 Å². The third kappa shape index (κ3) is 2.96. The van der Waals surface area contributed by atoms with E-state index in [0.29, 0.717) is 6.42 Å². The zero-order valence-electron chi connectivity index (χ0n) is 6.27. The second kappa shape index (κ2) is 4.63. The monoisotopic (exact) mass is 149 g/mol. The fourth-order valence-electron chi connectivity index (χ4n) is 0.753. The zero-order valence-corrected chi connectivity index (χ0v) is 6.27. The molecule has 0 aliphatic rings. The first kappa shape index (κ1) is 7.95. The molecule has 0 aliphatic heterocycles. The predicted octanol–water partition coefficient (Wildman–Crippen LogP) is 1.48. The van der Waals surface area contributed by atoms with Crippen molar-refractivity contribution in [3.63, 3.8) is 0 Å². The highest BCUT2D eigenvalue weighted by atomic mass is 16.2. The minimum atomic E-state index is 0.198. The normalized spacial score (nSPS) is 10.6. The van der Waals surface area contributed by atoms with Crippen molar-refractivity contribution in [3.05, 3.63) is 36.2 Å². The maximum Gasteiger partial charge on any atom is 0.0626 e. The molecule has 1 aromatic heterocycles. The van der Waals surface area contributed by atoms with Gasteiger partial charge in [-0.25, -0.2) is 0 Å². The number of hydrogen-bond acceptors (Lipinski definition) is 2. The Bertz CT molecular complexity index is 218. The lowest BCUT2D eigenvalue weighted by Crippen LogP contribution is -1.78. The van der Waals surface area contributed by atoms with Gasteiger partial charge in [-0.3, -0.25) is 4.98 Å². The molecule has 0 atom stereocenters. The van der Waals surface area contributed by atoms with Crippen molar-refractivity contribution in [1.82, 2.24) is 4.98 Å². The summed E-state index contributed by atoms with van der Waals surface area (Å²) in [6.45, 7) is 0.198. The minimum Gasteiger partial charge on any atom is -0.396 e. The maximum absolute atomic E-state index is 8.47. The van der Waals surface area contributed by atoms with Crippen LogP contribution in [0.25, 0.3) is 6.08 Å². The van der Waals surface area contributed by atoms with Gasteiger partial charge in [0.05, 0.1) is 5.69 Å². The van der Waals surface area contributed by atoms with Crippen molar-refractivity contribution in [2.75, 3.05) is 6.61 Å². The molecular weight excluding hydrogens is 138 g/mol. The molecule has 1 heterocycles. The first-order valence-corrected chi connectivity index (χ1v) is 3.62. The molecule has 11 heavy (non-hydrogen) atoms. The Labute approximate surface area is 66.2 Å². The van der Waals surface area contributed by atoms with Crippen LogP contribution in [0, 0.1) is 0 Å². The third-order valence-corrected chi connectivity index (χ3v) is 1.27. The summed E-state index contributed by atoms with van der Waals surface area (Å²) in [6.07, 6.45) is 6.24. The lowest BCUT2D eigenvalue weighted by Gasteiger charge is -1.88. The van der Waals surface area contributed by atoms with E-state index in [1.165, 1.54) is 0 Å². The molecule has 0 saturated carbocycles. The van der Waals surface area contributed by atoms with E-state index in [4.69, 9.17) is 5.11 Å². The summed E-state index contributed by atoms with van der Waals surface area (Å²) in [5.74, 6) is 0.